The molecule has 0 aromatic rings. The minimum atomic E-state index is -0.960. The summed E-state index contributed by atoms with van der Waals surface area (Å²) >= 11 is 6.61. The van der Waals surface area contributed by atoms with E-state index >= 15 is 0 Å². The third-order valence-electron chi connectivity index (χ3n) is 0.627. The SMILES string of the molecule is N.N.O=C(O)CSC(=S)SCC(=O)O. The highest BCUT2D eigenvalue weighted by Gasteiger charge is 2.05. The summed E-state index contributed by atoms with van der Waals surface area (Å²) in [6.45, 7) is 0. The van der Waals surface area contributed by atoms with E-state index in [0.29, 0.717) is 3.53 Å². The summed E-state index contributed by atoms with van der Waals surface area (Å²) < 4.78 is 0.347. The Labute approximate surface area is 95.0 Å². The number of carboxylic acids is 2. The molecule has 0 aliphatic heterocycles. The van der Waals surface area contributed by atoms with Crippen molar-refractivity contribution in [2.24, 2.45) is 0 Å². The van der Waals surface area contributed by atoms with Crippen molar-refractivity contribution < 1.29 is 19.8 Å². The van der Waals surface area contributed by atoms with Crippen LogP contribution in [0.25, 0.3) is 0 Å². The highest BCUT2D eigenvalue weighted by atomic mass is 32.2. The van der Waals surface area contributed by atoms with Gasteiger partial charge >= 0.3 is 11.9 Å². The molecule has 8 N–H and O–H groups in total. The second-order valence-electron chi connectivity index (χ2n) is 1.61. The van der Waals surface area contributed by atoms with Crippen LogP contribution in [0, 0.1) is 0 Å². The van der Waals surface area contributed by atoms with Crippen molar-refractivity contribution in [2.75, 3.05) is 11.5 Å². The van der Waals surface area contributed by atoms with Gasteiger partial charge in [0.25, 0.3) is 0 Å². The van der Waals surface area contributed by atoms with Crippen LogP contribution in [0.4, 0.5) is 0 Å². The van der Waals surface area contributed by atoms with Gasteiger partial charge in [-0.3, -0.25) is 9.59 Å². The maximum atomic E-state index is 10.0. The monoisotopic (exact) mass is 260 g/mol. The van der Waals surface area contributed by atoms with Crippen LogP contribution < -0.4 is 12.3 Å². The van der Waals surface area contributed by atoms with Crippen molar-refractivity contribution in [1.29, 1.82) is 0 Å². The molecule has 0 rings (SSSR count). The number of hydrogen-bond acceptors (Lipinski definition) is 7. The molecule has 0 aliphatic rings. The van der Waals surface area contributed by atoms with Gasteiger partial charge in [-0.05, 0) is 0 Å². The van der Waals surface area contributed by atoms with E-state index in [1.807, 2.05) is 0 Å². The molecule has 0 bridgehead atoms. The van der Waals surface area contributed by atoms with Gasteiger partial charge in [0.2, 0.25) is 0 Å². The number of rotatable bonds is 4. The van der Waals surface area contributed by atoms with Gasteiger partial charge in [-0.15, -0.1) is 0 Å². The smallest absolute Gasteiger partial charge is 0.313 e. The highest BCUT2D eigenvalue weighted by molar-refractivity contribution is 8.47. The Hall–Kier alpha value is -0.350. The number of carbonyl (C=O) groups is 2. The first kappa shape index (κ1) is 19.3. The van der Waals surface area contributed by atoms with E-state index in [-0.39, 0.29) is 23.8 Å². The van der Waals surface area contributed by atoms with Crippen LogP contribution in [0.15, 0.2) is 0 Å². The molecular weight excluding hydrogens is 248 g/mol. The zero-order valence-corrected chi connectivity index (χ0v) is 9.71. The number of hydrogen-bond donors (Lipinski definition) is 4. The highest BCUT2D eigenvalue weighted by Crippen LogP contribution is 2.16. The van der Waals surface area contributed by atoms with Crippen LogP contribution in [0.1, 0.15) is 0 Å². The van der Waals surface area contributed by atoms with Crippen LogP contribution in [-0.2, 0) is 9.59 Å². The van der Waals surface area contributed by atoms with E-state index in [0.717, 1.165) is 23.5 Å². The lowest BCUT2D eigenvalue weighted by Gasteiger charge is -1.97. The fourth-order valence-corrected chi connectivity index (χ4v) is 1.81. The van der Waals surface area contributed by atoms with Gasteiger partial charge in [0, 0.05) is 0 Å². The lowest BCUT2D eigenvalue weighted by molar-refractivity contribution is -0.134. The molecule has 9 heteroatoms. The van der Waals surface area contributed by atoms with Crippen molar-refractivity contribution in [1.82, 2.24) is 12.3 Å². The summed E-state index contributed by atoms with van der Waals surface area (Å²) in [4.78, 5) is 20.1. The van der Waals surface area contributed by atoms with Crippen molar-refractivity contribution in [2.45, 2.75) is 0 Å². The molecule has 6 nitrogen and oxygen atoms in total. The van der Waals surface area contributed by atoms with Crippen LogP contribution in [0.2, 0.25) is 0 Å². The molecule has 0 radical (unpaired) electrons. The Morgan fingerprint density at radius 1 is 1.00 bits per heavy atom. The molecule has 0 heterocycles. The molecule has 0 aromatic carbocycles. The molecule has 0 aliphatic carbocycles. The quantitative estimate of drug-likeness (QED) is 0.548. The molecule has 0 atom stereocenters. The first-order valence-electron chi connectivity index (χ1n) is 2.75. The van der Waals surface area contributed by atoms with Gasteiger partial charge in [-0.25, -0.2) is 0 Å². The molecule has 0 amide bonds. The number of thioether (sulfide) groups is 2. The Kier molecular flexibility index (Phi) is 14.8. The van der Waals surface area contributed by atoms with E-state index in [1.54, 1.807) is 0 Å². The summed E-state index contributed by atoms with van der Waals surface area (Å²) in [5.41, 5.74) is 0. The Bertz CT molecular complexity index is 191. The summed E-state index contributed by atoms with van der Waals surface area (Å²) in [5.74, 6) is -2.16. The van der Waals surface area contributed by atoms with Gasteiger partial charge < -0.3 is 22.5 Å². The summed E-state index contributed by atoms with van der Waals surface area (Å²) in [6, 6.07) is 0. The Balaban J connectivity index is -0.000000605. The topological polar surface area (TPSA) is 145 Å². The number of thiocarbonyl (C=S) groups is 1. The Morgan fingerprint density at radius 2 is 1.29 bits per heavy atom. The second-order valence-corrected chi connectivity index (χ2v) is 4.77. The van der Waals surface area contributed by atoms with Gasteiger partial charge in [0.15, 0.2) is 0 Å². The molecule has 0 aromatic heterocycles. The summed E-state index contributed by atoms with van der Waals surface area (Å²) in [7, 11) is 0. The third kappa shape index (κ3) is 14.2. The second kappa shape index (κ2) is 10.7. The van der Waals surface area contributed by atoms with E-state index in [9.17, 15) is 9.59 Å². The molecule has 0 saturated heterocycles. The molecule has 84 valence electrons. The van der Waals surface area contributed by atoms with E-state index in [2.05, 4.69) is 0 Å². The average molecular weight is 260 g/mol. The summed E-state index contributed by atoms with van der Waals surface area (Å²) in [5, 5.41) is 16.5. The minimum Gasteiger partial charge on any atom is -0.481 e. The van der Waals surface area contributed by atoms with Crippen LogP contribution in [0.5, 0.6) is 0 Å². The van der Waals surface area contributed by atoms with Crippen molar-refractivity contribution in [3.8, 4) is 0 Å². The molecule has 0 spiro atoms. The minimum absolute atomic E-state index is 0. The first-order chi connectivity index (χ1) is 5.52. The number of aliphatic carboxylic acids is 2. The maximum absolute atomic E-state index is 10.0. The van der Waals surface area contributed by atoms with E-state index in [1.165, 1.54) is 0 Å². The lowest BCUT2D eigenvalue weighted by Crippen LogP contribution is -2.02. The fourth-order valence-electron chi connectivity index (χ4n) is 0.283. The molecular formula is C5H12N2O4S3. The van der Waals surface area contributed by atoms with Gasteiger partial charge in [-0.2, -0.15) is 0 Å². The van der Waals surface area contributed by atoms with Crippen LogP contribution in [-0.4, -0.2) is 37.2 Å². The predicted molar refractivity (Wildman–Crippen MR) is 62.8 cm³/mol. The van der Waals surface area contributed by atoms with Crippen molar-refractivity contribution in [3.05, 3.63) is 0 Å². The predicted octanol–water partition coefficient (Wildman–Crippen LogP) is 1.23. The normalized spacial score (nSPS) is 8.00. The Morgan fingerprint density at radius 3 is 1.50 bits per heavy atom. The first-order valence-corrected chi connectivity index (χ1v) is 5.13. The van der Waals surface area contributed by atoms with Crippen molar-refractivity contribution in [3.63, 3.8) is 0 Å². The zero-order valence-electron chi connectivity index (χ0n) is 7.26. The van der Waals surface area contributed by atoms with Gasteiger partial charge in [0.05, 0.1) is 11.5 Å². The van der Waals surface area contributed by atoms with Crippen LogP contribution >= 0.6 is 35.7 Å². The molecule has 0 fully saturated rings. The fraction of sp³-hybridized carbons (Fsp3) is 0.400. The van der Waals surface area contributed by atoms with Crippen molar-refractivity contribution >= 4 is 51.2 Å². The maximum Gasteiger partial charge on any atom is 0.313 e. The standard InChI is InChI=1S/C5H6O4S3.2H3N/c6-3(7)1-11-5(10)12-2-4(8)9;;/h1-2H2,(H,6,7)(H,8,9);2*1H3. The van der Waals surface area contributed by atoms with Gasteiger partial charge in [0.1, 0.15) is 3.53 Å². The third-order valence-corrected chi connectivity index (χ3v) is 3.30. The largest absolute Gasteiger partial charge is 0.481 e. The molecule has 14 heavy (non-hydrogen) atoms. The molecule has 0 saturated carbocycles. The van der Waals surface area contributed by atoms with Gasteiger partial charge in [-0.1, -0.05) is 35.7 Å². The average Bonchev–Trinajstić information content (AvgIpc) is 1.96. The molecule has 0 unspecified atom stereocenters. The van der Waals surface area contributed by atoms with E-state index < -0.39 is 11.9 Å². The number of carboxylic acid groups (broad SMARTS) is 2. The zero-order chi connectivity index (χ0) is 9.56. The summed E-state index contributed by atoms with van der Waals surface area (Å²) in [6.07, 6.45) is 0. The lowest BCUT2D eigenvalue weighted by atomic mass is 10.8. The van der Waals surface area contributed by atoms with E-state index in [4.69, 9.17) is 22.4 Å². The van der Waals surface area contributed by atoms with Crippen LogP contribution in [0.3, 0.4) is 0 Å².